The van der Waals surface area contributed by atoms with E-state index in [1.807, 2.05) is 0 Å². The summed E-state index contributed by atoms with van der Waals surface area (Å²) in [5.41, 5.74) is 0. The molecule has 1 atom stereocenters. The molecule has 0 N–H and O–H groups in total. The molecule has 1 unspecified atom stereocenters. The largest absolute Gasteiger partial charge is 0.348 e. The highest BCUT2D eigenvalue weighted by atomic mass is 15.2. The van der Waals surface area contributed by atoms with E-state index in [4.69, 9.17) is 0 Å². The number of hydrogen-bond donors (Lipinski definition) is 0. The van der Waals surface area contributed by atoms with Gasteiger partial charge in [0.2, 0.25) is 0 Å². The van der Waals surface area contributed by atoms with Crippen molar-refractivity contribution in [3.63, 3.8) is 0 Å². The maximum Gasteiger partial charge on any atom is 0.185 e. The van der Waals surface area contributed by atoms with Crippen LogP contribution < -0.4 is 0 Å². The minimum Gasteiger partial charge on any atom is -0.348 e. The highest BCUT2D eigenvalue weighted by Gasteiger charge is 2.28. The fourth-order valence-electron chi connectivity index (χ4n) is 3.89. The Morgan fingerprint density at radius 3 is 1.90 bits per heavy atom. The molecule has 0 spiro atoms. The van der Waals surface area contributed by atoms with Crippen LogP contribution in [0, 0.1) is 5.92 Å². The summed E-state index contributed by atoms with van der Waals surface area (Å²) in [4.78, 5) is 10.2. The van der Waals surface area contributed by atoms with Crippen LogP contribution in [-0.2, 0) is 0 Å². The van der Waals surface area contributed by atoms with Gasteiger partial charge in [0.15, 0.2) is 31.9 Å². The van der Waals surface area contributed by atoms with Crippen molar-refractivity contribution in [2.75, 3.05) is 45.8 Å². The molecule has 2 aliphatic heterocycles. The van der Waals surface area contributed by atoms with Crippen LogP contribution in [0.25, 0.3) is 0 Å². The Kier molecular flexibility index (Phi) is 6.53. The second kappa shape index (κ2) is 7.92. The van der Waals surface area contributed by atoms with E-state index in [-0.39, 0.29) is 0 Å². The van der Waals surface area contributed by atoms with Crippen LogP contribution in [0.2, 0.25) is 0 Å². The lowest BCUT2D eigenvalue weighted by molar-refractivity contribution is 0.143. The Bertz CT molecular complexity index is 285. The molecule has 2 aliphatic rings. The molecule has 110 valence electrons. The van der Waals surface area contributed by atoms with Crippen molar-refractivity contribution in [3.05, 3.63) is 0 Å². The van der Waals surface area contributed by atoms with Gasteiger partial charge >= 0.3 is 0 Å². The molecule has 0 aliphatic carbocycles. The summed E-state index contributed by atoms with van der Waals surface area (Å²) < 4.78 is 0. The van der Waals surface area contributed by atoms with Gasteiger partial charge in [0, 0.05) is 6.04 Å². The molecular formula is C12H30B4N4. The number of rotatable bonds is 1. The molecule has 2 fully saturated rings. The van der Waals surface area contributed by atoms with E-state index in [2.05, 4.69) is 51.2 Å². The lowest BCUT2D eigenvalue weighted by atomic mass is 9.87. The fourth-order valence-corrected chi connectivity index (χ4v) is 3.89. The van der Waals surface area contributed by atoms with Gasteiger partial charge in [0.1, 0.15) is 0 Å². The van der Waals surface area contributed by atoms with E-state index in [0.717, 1.165) is 12.0 Å². The van der Waals surface area contributed by atoms with E-state index in [0.29, 0.717) is 0 Å². The standard InChI is InChI=1S/C12H30B4N4/c13-17-4-1-3-12(20(16)8-7-17)11-9-18(14)5-2-6-19(15)10-11/h11-12H,1-10,13-16H2. The van der Waals surface area contributed by atoms with Crippen LogP contribution in [0.1, 0.15) is 19.3 Å². The first-order chi connectivity index (χ1) is 9.56. The smallest absolute Gasteiger partial charge is 0.185 e. The third-order valence-electron chi connectivity index (χ3n) is 5.16. The topological polar surface area (TPSA) is 13.0 Å². The zero-order valence-corrected chi connectivity index (χ0v) is 14.0. The van der Waals surface area contributed by atoms with Crippen LogP contribution in [0.15, 0.2) is 0 Å². The van der Waals surface area contributed by atoms with Gasteiger partial charge in [0.25, 0.3) is 0 Å². The molecule has 0 aromatic heterocycles. The van der Waals surface area contributed by atoms with Crippen LogP contribution in [-0.4, -0.2) is 103 Å². The first-order valence-electron chi connectivity index (χ1n) is 8.32. The van der Waals surface area contributed by atoms with E-state index in [1.54, 1.807) is 0 Å². The third kappa shape index (κ3) is 4.83. The number of nitrogens with zero attached hydrogens (tertiary/aromatic N) is 4. The van der Waals surface area contributed by atoms with Gasteiger partial charge in [-0.3, -0.25) is 0 Å². The molecule has 0 amide bonds. The van der Waals surface area contributed by atoms with E-state index in [1.165, 1.54) is 65.1 Å². The molecular weight excluding hydrogens is 243 g/mol. The van der Waals surface area contributed by atoms with Crippen LogP contribution in [0.3, 0.4) is 0 Å². The van der Waals surface area contributed by atoms with Gasteiger partial charge in [-0.2, -0.15) is 0 Å². The Morgan fingerprint density at radius 2 is 1.25 bits per heavy atom. The average molecular weight is 274 g/mol. The van der Waals surface area contributed by atoms with Crippen molar-refractivity contribution in [1.82, 2.24) is 19.2 Å². The van der Waals surface area contributed by atoms with Gasteiger partial charge < -0.3 is 19.2 Å². The Balaban J connectivity index is 2.00. The zero-order valence-electron chi connectivity index (χ0n) is 14.0. The highest BCUT2D eigenvalue weighted by Crippen LogP contribution is 2.20. The SMILES string of the molecule is BN1CCCC(C2CN(B)CCCN(B)C2)N(B)CC1. The first-order valence-corrected chi connectivity index (χ1v) is 8.32. The molecule has 0 aromatic rings. The van der Waals surface area contributed by atoms with E-state index >= 15 is 0 Å². The third-order valence-corrected chi connectivity index (χ3v) is 5.16. The Morgan fingerprint density at radius 1 is 0.650 bits per heavy atom. The van der Waals surface area contributed by atoms with Crippen LogP contribution in [0.5, 0.6) is 0 Å². The van der Waals surface area contributed by atoms with Crippen molar-refractivity contribution in [3.8, 4) is 0 Å². The van der Waals surface area contributed by atoms with Gasteiger partial charge in [-0.05, 0) is 71.0 Å². The van der Waals surface area contributed by atoms with Gasteiger partial charge in [0.05, 0.1) is 0 Å². The van der Waals surface area contributed by atoms with Crippen molar-refractivity contribution in [2.24, 2.45) is 5.92 Å². The summed E-state index contributed by atoms with van der Waals surface area (Å²) in [7, 11) is 9.19. The molecule has 0 saturated carbocycles. The Hall–Kier alpha value is 0.0997. The lowest BCUT2D eigenvalue weighted by Crippen LogP contribution is -2.52. The van der Waals surface area contributed by atoms with Gasteiger partial charge in [-0.25, -0.2) is 0 Å². The molecule has 8 heteroatoms. The summed E-state index contributed by atoms with van der Waals surface area (Å²) in [6.45, 7) is 8.71. The first kappa shape index (κ1) is 16.5. The van der Waals surface area contributed by atoms with Crippen LogP contribution >= 0.6 is 0 Å². The molecule has 0 radical (unpaired) electrons. The van der Waals surface area contributed by atoms with Crippen molar-refractivity contribution >= 4 is 31.9 Å². The van der Waals surface area contributed by atoms with E-state index in [9.17, 15) is 0 Å². The maximum atomic E-state index is 2.63. The minimum absolute atomic E-state index is 0.756. The van der Waals surface area contributed by atoms with E-state index < -0.39 is 0 Å². The summed E-state index contributed by atoms with van der Waals surface area (Å²) in [6, 6.07) is 0.756. The fraction of sp³-hybridized carbons (Fsp3) is 1.00. The molecule has 0 bridgehead atoms. The maximum absolute atomic E-state index is 2.63. The summed E-state index contributed by atoms with van der Waals surface area (Å²) >= 11 is 0. The molecule has 0 aromatic carbocycles. The zero-order chi connectivity index (χ0) is 14.5. The van der Waals surface area contributed by atoms with Gasteiger partial charge in [-0.1, -0.05) is 0 Å². The molecule has 20 heavy (non-hydrogen) atoms. The summed E-state index contributed by atoms with van der Waals surface area (Å²) in [5, 5.41) is 0. The van der Waals surface area contributed by atoms with Crippen molar-refractivity contribution < 1.29 is 0 Å². The Labute approximate surface area is 128 Å². The molecule has 2 heterocycles. The highest BCUT2D eigenvalue weighted by molar-refractivity contribution is 6.06. The second-order valence-corrected chi connectivity index (χ2v) is 7.13. The number of hydrogen-bond acceptors (Lipinski definition) is 4. The summed E-state index contributed by atoms with van der Waals surface area (Å²) in [6.07, 6.45) is 4.01. The minimum atomic E-state index is 0.756. The van der Waals surface area contributed by atoms with Crippen LogP contribution in [0.4, 0.5) is 0 Å². The van der Waals surface area contributed by atoms with Gasteiger partial charge in [-0.15, -0.1) is 0 Å². The molecule has 4 nitrogen and oxygen atoms in total. The quantitative estimate of drug-likeness (QED) is 0.461. The second-order valence-electron chi connectivity index (χ2n) is 7.13. The monoisotopic (exact) mass is 274 g/mol. The lowest BCUT2D eigenvalue weighted by Gasteiger charge is -2.42. The molecule has 2 saturated heterocycles. The summed E-state index contributed by atoms with van der Waals surface area (Å²) in [5.74, 6) is 0.790. The molecule has 2 rings (SSSR count). The average Bonchev–Trinajstić information content (AvgIpc) is 2.36. The van der Waals surface area contributed by atoms with Crippen molar-refractivity contribution in [2.45, 2.75) is 25.3 Å². The predicted molar refractivity (Wildman–Crippen MR) is 96.7 cm³/mol. The van der Waals surface area contributed by atoms with Crippen molar-refractivity contribution in [1.29, 1.82) is 0 Å². The normalized spacial score (nSPS) is 31.3. The predicted octanol–water partition coefficient (Wildman–Crippen LogP) is -3.43.